The number of alkyl halides is 1. The minimum absolute atomic E-state index is 0.443. The molecule has 1 aromatic carbocycles. The highest BCUT2D eigenvalue weighted by Crippen LogP contribution is 2.31. The second-order valence-electron chi connectivity index (χ2n) is 3.20. The molecule has 0 heterocycles. The van der Waals surface area contributed by atoms with Gasteiger partial charge in [0.2, 0.25) is 0 Å². The van der Waals surface area contributed by atoms with Crippen molar-refractivity contribution in [2.75, 3.05) is 0 Å². The Morgan fingerprint density at radius 1 is 1.33 bits per heavy atom. The molecule has 0 aromatic heterocycles. The molecule has 0 fully saturated rings. The molecule has 0 aliphatic heterocycles. The SMILES string of the molecule is OC1c2ccccc2CCC1F. The van der Waals surface area contributed by atoms with Crippen LogP contribution in [-0.2, 0) is 6.42 Å². The lowest BCUT2D eigenvalue weighted by Crippen LogP contribution is -2.21. The maximum Gasteiger partial charge on any atom is 0.130 e. The van der Waals surface area contributed by atoms with Crippen molar-refractivity contribution in [2.45, 2.75) is 25.1 Å². The molecule has 1 aromatic rings. The average Bonchev–Trinajstić information content (AvgIpc) is 2.12. The summed E-state index contributed by atoms with van der Waals surface area (Å²) in [4.78, 5) is 0. The summed E-state index contributed by atoms with van der Waals surface area (Å²) in [7, 11) is 0. The first-order chi connectivity index (χ1) is 5.79. The Morgan fingerprint density at radius 2 is 2.08 bits per heavy atom. The van der Waals surface area contributed by atoms with E-state index in [1.54, 1.807) is 6.07 Å². The van der Waals surface area contributed by atoms with Gasteiger partial charge in [0.25, 0.3) is 0 Å². The van der Waals surface area contributed by atoms with Crippen molar-refractivity contribution in [3.05, 3.63) is 35.4 Å². The van der Waals surface area contributed by atoms with E-state index in [-0.39, 0.29) is 0 Å². The van der Waals surface area contributed by atoms with Crippen molar-refractivity contribution >= 4 is 0 Å². The average molecular weight is 166 g/mol. The fourth-order valence-electron chi connectivity index (χ4n) is 1.70. The number of halogens is 1. The first-order valence-electron chi connectivity index (χ1n) is 4.19. The van der Waals surface area contributed by atoms with Crippen LogP contribution in [0.1, 0.15) is 23.7 Å². The fraction of sp³-hybridized carbons (Fsp3) is 0.400. The van der Waals surface area contributed by atoms with E-state index in [9.17, 15) is 9.50 Å². The smallest absolute Gasteiger partial charge is 0.130 e. The minimum atomic E-state index is -1.08. The molecule has 64 valence electrons. The molecule has 1 N–H and O–H groups in total. The molecule has 0 saturated carbocycles. The second kappa shape index (κ2) is 2.87. The second-order valence-corrected chi connectivity index (χ2v) is 3.20. The van der Waals surface area contributed by atoms with Gasteiger partial charge in [0.1, 0.15) is 12.3 Å². The monoisotopic (exact) mass is 166 g/mol. The van der Waals surface area contributed by atoms with E-state index < -0.39 is 12.3 Å². The topological polar surface area (TPSA) is 20.2 Å². The van der Waals surface area contributed by atoms with Gasteiger partial charge in [0.15, 0.2) is 0 Å². The molecule has 0 spiro atoms. The van der Waals surface area contributed by atoms with Gasteiger partial charge in [-0.2, -0.15) is 0 Å². The van der Waals surface area contributed by atoms with Gasteiger partial charge in [-0.05, 0) is 24.0 Å². The predicted molar refractivity (Wildman–Crippen MR) is 44.6 cm³/mol. The Labute approximate surface area is 70.8 Å². The molecule has 2 rings (SSSR count). The summed E-state index contributed by atoms with van der Waals surface area (Å²) in [5, 5.41) is 9.45. The number of aliphatic hydroxyl groups is 1. The number of aliphatic hydroxyl groups excluding tert-OH is 1. The van der Waals surface area contributed by atoms with E-state index in [1.165, 1.54) is 0 Å². The summed E-state index contributed by atoms with van der Waals surface area (Å²) in [6.45, 7) is 0. The highest BCUT2D eigenvalue weighted by molar-refractivity contribution is 5.32. The lowest BCUT2D eigenvalue weighted by molar-refractivity contribution is 0.0643. The van der Waals surface area contributed by atoms with Crippen molar-refractivity contribution in [1.29, 1.82) is 0 Å². The first-order valence-corrected chi connectivity index (χ1v) is 4.19. The van der Waals surface area contributed by atoms with Crippen molar-refractivity contribution in [3.63, 3.8) is 0 Å². The van der Waals surface area contributed by atoms with Crippen LogP contribution in [0.5, 0.6) is 0 Å². The molecule has 2 atom stereocenters. The van der Waals surface area contributed by atoms with Gasteiger partial charge in [-0.25, -0.2) is 4.39 Å². The van der Waals surface area contributed by atoms with Crippen LogP contribution < -0.4 is 0 Å². The van der Waals surface area contributed by atoms with E-state index in [0.29, 0.717) is 6.42 Å². The number of hydrogen-bond donors (Lipinski definition) is 1. The summed E-state index contributed by atoms with van der Waals surface area (Å²) >= 11 is 0. The Morgan fingerprint density at radius 3 is 2.92 bits per heavy atom. The number of hydrogen-bond acceptors (Lipinski definition) is 1. The summed E-state index contributed by atoms with van der Waals surface area (Å²) in [6, 6.07) is 7.50. The fourth-order valence-corrected chi connectivity index (χ4v) is 1.70. The molecule has 2 unspecified atom stereocenters. The largest absolute Gasteiger partial charge is 0.385 e. The number of benzene rings is 1. The van der Waals surface area contributed by atoms with Gasteiger partial charge in [0, 0.05) is 0 Å². The van der Waals surface area contributed by atoms with Crippen LogP contribution in [0.2, 0.25) is 0 Å². The maximum absolute atomic E-state index is 13.0. The quantitative estimate of drug-likeness (QED) is 0.625. The van der Waals surface area contributed by atoms with Gasteiger partial charge < -0.3 is 5.11 Å². The highest BCUT2D eigenvalue weighted by Gasteiger charge is 2.26. The van der Waals surface area contributed by atoms with Crippen molar-refractivity contribution in [1.82, 2.24) is 0 Å². The van der Waals surface area contributed by atoms with E-state index >= 15 is 0 Å². The van der Waals surface area contributed by atoms with Gasteiger partial charge in [-0.15, -0.1) is 0 Å². The predicted octanol–water partition coefficient (Wildman–Crippen LogP) is 2.00. The molecule has 1 nitrogen and oxygen atoms in total. The highest BCUT2D eigenvalue weighted by atomic mass is 19.1. The zero-order valence-electron chi connectivity index (χ0n) is 6.70. The maximum atomic E-state index is 13.0. The Bertz CT molecular complexity index is 285. The van der Waals surface area contributed by atoms with Crippen LogP contribution in [0.25, 0.3) is 0 Å². The third-order valence-electron chi connectivity index (χ3n) is 2.41. The molecular formula is C10H11FO. The third kappa shape index (κ3) is 1.12. The Balaban J connectivity index is 2.42. The molecule has 1 aliphatic rings. The number of fused-ring (bicyclic) bond motifs is 1. The number of rotatable bonds is 0. The van der Waals surface area contributed by atoms with E-state index in [0.717, 1.165) is 17.5 Å². The van der Waals surface area contributed by atoms with E-state index in [2.05, 4.69) is 0 Å². The van der Waals surface area contributed by atoms with Crippen LogP contribution in [-0.4, -0.2) is 11.3 Å². The van der Waals surface area contributed by atoms with Crippen LogP contribution >= 0.6 is 0 Å². The van der Waals surface area contributed by atoms with Crippen molar-refractivity contribution in [3.8, 4) is 0 Å². The first kappa shape index (κ1) is 7.74. The van der Waals surface area contributed by atoms with Gasteiger partial charge in [-0.3, -0.25) is 0 Å². The lowest BCUT2D eigenvalue weighted by atomic mass is 9.88. The zero-order chi connectivity index (χ0) is 8.55. The number of aryl methyl sites for hydroxylation is 1. The molecule has 0 bridgehead atoms. The van der Waals surface area contributed by atoms with E-state index in [4.69, 9.17) is 0 Å². The third-order valence-corrected chi connectivity index (χ3v) is 2.41. The molecule has 0 radical (unpaired) electrons. The standard InChI is InChI=1S/C10H11FO/c11-9-6-5-7-3-1-2-4-8(7)10(9)12/h1-4,9-10,12H,5-6H2. The summed E-state index contributed by atoms with van der Waals surface area (Å²) in [5.41, 5.74) is 1.84. The van der Waals surface area contributed by atoms with Crippen molar-refractivity contribution < 1.29 is 9.50 Å². The summed E-state index contributed by atoms with van der Waals surface area (Å²) < 4.78 is 13.0. The molecule has 0 saturated heterocycles. The Hall–Kier alpha value is -0.890. The summed E-state index contributed by atoms with van der Waals surface area (Å²) in [6.07, 6.45) is -0.804. The van der Waals surface area contributed by atoms with Gasteiger partial charge in [-0.1, -0.05) is 24.3 Å². The molecule has 12 heavy (non-hydrogen) atoms. The normalized spacial score (nSPS) is 28.2. The molecular weight excluding hydrogens is 155 g/mol. The van der Waals surface area contributed by atoms with Crippen LogP contribution in [0, 0.1) is 0 Å². The van der Waals surface area contributed by atoms with Crippen LogP contribution in [0.15, 0.2) is 24.3 Å². The molecule has 1 aliphatic carbocycles. The minimum Gasteiger partial charge on any atom is -0.385 e. The lowest BCUT2D eigenvalue weighted by Gasteiger charge is -2.24. The molecule has 2 heteroatoms. The van der Waals surface area contributed by atoms with Gasteiger partial charge in [0.05, 0.1) is 0 Å². The molecule has 0 amide bonds. The zero-order valence-corrected chi connectivity index (χ0v) is 6.70. The van der Waals surface area contributed by atoms with Crippen LogP contribution in [0.4, 0.5) is 4.39 Å². The summed E-state index contributed by atoms with van der Waals surface area (Å²) in [5.74, 6) is 0. The Kier molecular flexibility index (Phi) is 1.85. The van der Waals surface area contributed by atoms with E-state index in [1.807, 2.05) is 18.2 Å². The van der Waals surface area contributed by atoms with Crippen LogP contribution in [0.3, 0.4) is 0 Å². The van der Waals surface area contributed by atoms with Gasteiger partial charge >= 0.3 is 0 Å². The van der Waals surface area contributed by atoms with Crippen molar-refractivity contribution in [2.24, 2.45) is 0 Å².